The molecule has 0 radical (unpaired) electrons. The Hall–Kier alpha value is -3.34. The molecule has 47 heavy (non-hydrogen) atoms. The number of carbonyl (C=O) groups is 1. The second-order valence-corrected chi connectivity index (χ2v) is 14.5. The van der Waals surface area contributed by atoms with E-state index in [-0.39, 0.29) is 29.7 Å². The number of methoxy groups -OCH3 is 1. The van der Waals surface area contributed by atoms with Gasteiger partial charge in [-0.1, -0.05) is 82.0 Å². The molecule has 0 amide bonds. The number of rotatable bonds is 15. The highest BCUT2D eigenvalue weighted by molar-refractivity contribution is 7.98. The molecule has 10 heteroatoms. The van der Waals surface area contributed by atoms with Crippen molar-refractivity contribution < 1.29 is 31.8 Å². The van der Waals surface area contributed by atoms with E-state index in [1.54, 1.807) is 18.3 Å². The van der Waals surface area contributed by atoms with Gasteiger partial charge in [-0.15, -0.1) is 11.8 Å². The fourth-order valence-corrected chi connectivity index (χ4v) is 8.99. The molecule has 0 N–H and O–H groups in total. The summed E-state index contributed by atoms with van der Waals surface area (Å²) in [5.41, 5.74) is 1.88. The molecule has 1 unspecified atom stereocenters. The number of ether oxygens (including phenoxy) is 3. The highest BCUT2D eigenvalue weighted by atomic mass is 32.2. The van der Waals surface area contributed by atoms with Crippen molar-refractivity contribution in [2.45, 2.75) is 93.5 Å². The largest absolute Gasteiger partial charge is 0.497 e. The van der Waals surface area contributed by atoms with Gasteiger partial charge in [-0.3, -0.25) is 0 Å². The first-order chi connectivity index (χ1) is 22.6. The van der Waals surface area contributed by atoms with E-state index < -0.39 is 27.4 Å². The van der Waals surface area contributed by atoms with Gasteiger partial charge in [-0.2, -0.15) is 8.70 Å². The number of fused-ring (bicyclic) bond motifs is 1. The van der Waals surface area contributed by atoms with Crippen LogP contribution >= 0.6 is 11.8 Å². The van der Waals surface area contributed by atoms with Crippen molar-refractivity contribution in [2.24, 2.45) is 0 Å². The molecule has 1 aliphatic heterocycles. The molecule has 3 aromatic rings. The normalized spacial score (nSPS) is 17.4. The summed E-state index contributed by atoms with van der Waals surface area (Å²) in [7, 11) is -2.54. The molecule has 1 aliphatic rings. The summed E-state index contributed by atoms with van der Waals surface area (Å²) in [5.74, 6) is -1.75. The Kier molecular flexibility index (Phi) is 12.9. The highest BCUT2D eigenvalue weighted by Crippen LogP contribution is 2.51. The standard InChI is InChI=1S/C37H46FNO6S2/c1-6-9-20-37(21-10-7-2)24-31(28-14-12-11-13-15-28)30-22-34(46-5)33(45-26-32(38)36(40)44-8-3)23-35(30)47(41,42)39(37)25-27-16-18-29(43-4)19-17-27/h11-19,22-23,26,31H,6-10,20-21,24-25H2,1-5H3/b32-26-. The van der Waals surface area contributed by atoms with Crippen LogP contribution in [0, 0.1) is 0 Å². The fraction of sp³-hybridized carbons (Fsp3) is 0.432. The van der Waals surface area contributed by atoms with Crippen molar-refractivity contribution in [1.29, 1.82) is 0 Å². The molecule has 0 saturated carbocycles. The minimum atomic E-state index is -4.15. The zero-order chi connectivity index (χ0) is 34.0. The Labute approximate surface area is 283 Å². The molecule has 0 saturated heterocycles. The smallest absolute Gasteiger partial charge is 0.370 e. The number of hydrogen-bond acceptors (Lipinski definition) is 7. The van der Waals surface area contributed by atoms with Gasteiger partial charge in [-0.05, 0) is 67.3 Å². The Morgan fingerprint density at radius 1 is 1.02 bits per heavy atom. The molecule has 1 atom stereocenters. The Morgan fingerprint density at radius 2 is 1.68 bits per heavy atom. The average Bonchev–Trinajstić information content (AvgIpc) is 3.16. The summed E-state index contributed by atoms with van der Waals surface area (Å²) in [6.07, 6.45) is 8.16. The summed E-state index contributed by atoms with van der Waals surface area (Å²) in [4.78, 5) is 12.7. The van der Waals surface area contributed by atoms with Gasteiger partial charge in [0.1, 0.15) is 17.8 Å². The fourth-order valence-electron chi connectivity index (χ4n) is 6.36. The van der Waals surface area contributed by atoms with Crippen molar-refractivity contribution in [3.63, 3.8) is 0 Å². The number of halogens is 1. The van der Waals surface area contributed by atoms with Crippen LogP contribution in [0.4, 0.5) is 4.39 Å². The topological polar surface area (TPSA) is 82.1 Å². The summed E-state index contributed by atoms with van der Waals surface area (Å²) in [5, 5.41) is 0. The van der Waals surface area contributed by atoms with Gasteiger partial charge in [0, 0.05) is 24.1 Å². The van der Waals surface area contributed by atoms with Gasteiger partial charge >= 0.3 is 5.97 Å². The van der Waals surface area contributed by atoms with Crippen LogP contribution in [-0.4, -0.2) is 44.2 Å². The van der Waals surface area contributed by atoms with Crippen LogP contribution in [0.15, 0.2) is 88.6 Å². The van der Waals surface area contributed by atoms with Gasteiger partial charge in [0.15, 0.2) is 0 Å². The van der Waals surface area contributed by atoms with E-state index in [2.05, 4.69) is 26.0 Å². The lowest BCUT2D eigenvalue weighted by molar-refractivity contribution is -0.140. The monoisotopic (exact) mass is 683 g/mol. The van der Waals surface area contributed by atoms with E-state index in [9.17, 15) is 9.18 Å². The van der Waals surface area contributed by atoms with Crippen molar-refractivity contribution in [2.75, 3.05) is 20.0 Å². The molecule has 0 bridgehead atoms. The number of benzene rings is 3. The molecule has 0 aliphatic carbocycles. The zero-order valence-corrected chi connectivity index (χ0v) is 29.6. The lowest BCUT2D eigenvalue weighted by atomic mass is 9.75. The number of hydrogen-bond donors (Lipinski definition) is 0. The third kappa shape index (κ3) is 8.39. The van der Waals surface area contributed by atoms with Crippen molar-refractivity contribution in [1.82, 2.24) is 4.31 Å². The van der Waals surface area contributed by atoms with E-state index in [0.29, 0.717) is 41.7 Å². The first kappa shape index (κ1) is 36.5. The van der Waals surface area contributed by atoms with E-state index in [4.69, 9.17) is 14.2 Å². The Balaban J connectivity index is 1.99. The lowest BCUT2D eigenvalue weighted by Gasteiger charge is -2.44. The number of thioether (sulfide) groups is 1. The molecule has 254 valence electrons. The van der Waals surface area contributed by atoms with Crippen LogP contribution < -0.4 is 9.47 Å². The number of carbonyl (C=O) groups excluding carboxylic acids is 1. The minimum absolute atomic E-state index is 0.00988. The summed E-state index contributed by atoms with van der Waals surface area (Å²) in [6.45, 7) is 6.03. The molecule has 7 nitrogen and oxygen atoms in total. The van der Waals surface area contributed by atoms with Gasteiger partial charge < -0.3 is 14.2 Å². The molecule has 4 rings (SSSR count). The Bertz CT molecular complexity index is 1620. The SMILES string of the molecule is CCCCC1(CCCC)CC(c2ccccc2)c2cc(SC)c(O/C=C(\F)C(=O)OCC)cc2S(=O)(=O)N1Cc1ccc(OC)cc1. The van der Waals surface area contributed by atoms with E-state index in [1.807, 2.05) is 54.8 Å². The van der Waals surface area contributed by atoms with Crippen LogP contribution in [0.3, 0.4) is 0 Å². The van der Waals surface area contributed by atoms with Crippen LogP contribution in [0.5, 0.6) is 11.5 Å². The maximum atomic E-state index is 15.2. The molecule has 3 aromatic carbocycles. The lowest BCUT2D eigenvalue weighted by Crippen LogP contribution is -2.51. The van der Waals surface area contributed by atoms with Crippen molar-refractivity contribution >= 4 is 27.8 Å². The van der Waals surface area contributed by atoms with Gasteiger partial charge in [-0.25, -0.2) is 13.2 Å². The number of unbranched alkanes of at least 4 members (excludes halogenated alkanes) is 2. The summed E-state index contributed by atoms with van der Waals surface area (Å²) in [6, 6.07) is 20.9. The zero-order valence-electron chi connectivity index (χ0n) is 28.0. The number of nitrogens with zero attached hydrogens (tertiary/aromatic N) is 1. The van der Waals surface area contributed by atoms with Gasteiger partial charge in [0.05, 0.1) is 23.5 Å². The predicted octanol–water partition coefficient (Wildman–Crippen LogP) is 9.02. The summed E-state index contributed by atoms with van der Waals surface area (Å²) < 4.78 is 62.6. The second kappa shape index (κ2) is 16.7. The molecular weight excluding hydrogens is 638 g/mol. The van der Waals surface area contributed by atoms with Crippen LogP contribution in [-0.2, 0) is 26.1 Å². The van der Waals surface area contributed by atoms with Crippen LogP contribution in [0.25, 0.3) is 0 Å². The number of esters is 1. The predicted molar refractivity (Wildman–Crippen MR) is 185 cm³/mol. The van der Waals surface area contributed by atoms with Crippen LogP contribution in [0.2, 0.25) is 0 Å². The van der Waals surface area contributed by atoms with E-state index >= 15 is 8.42 Å². The molecule has 0 aromatic heterocycles. The number of sulfonamides is 1. The molecule has 0 fully saturated rings. The third-order valence-corrected chi connectivity index (χ3v) is 11.6. The van der Waals surface area contributed by atoms with Gasteiger partial charge in [0.25, 0.3) is 0 Å². The molecule has 0 spiro atoms. The van der Waals surface area contributed by atoms with E-state index in [0.717, 1.165) is 36.8 Å². The maximum Gasteiger partial charge on any atom is 0.370 e. The third-order valence-electron chi connectivity index (χ3n) is 8.79. The van der Waals surface area contributed by atoms with Gasteiger partial charge in [0.2, 0.25) is 15.9 Å². The summed E-state index contributed by atoms with van der Waals surface area (Å²) >= 11 is 1.36. The van der Waals surface area contributed by atoms with Crippen LogP contribution in [0.1, 0.15) is 88.3 Å². The maximum absolute atomic E-state index is 15.2. The average molecular weight is 684 g/mol. The molecule has 1 heterocycles. The van der Waals surface area contributed by atoms with Crippen molar-refractivity contribution in [3.8, 4) is 11.5 Å². The van der Waals surface area contributed by atoms with E-state index in [1.165, 1.54) is 17.8 Å². The first-order valence-corrected chi connectivity index (χ1v) is 18.9. The van der Waals surface area contributed by atoms with Crippen molar-refractivity contribution in [3.05, 3.63) is 95.5 Å². The minimum Gasteiger partial charge on any atom is -0.497 e. The Morgan fingerprint density at radius 3 is 2.26 bits per heavy atom. The second-order valence-electron chi connectivity index (χ2n) is 11.8. The quantitative estimate of drug-likeness (QED) is 0.0684. The highest BCUT2D eigenvalue weighted by Gasteiger charge is 2.49. The first-order valence-electron chi connectivity index (χ1n) is 16.3. The molecular formula is C37H46FNO6S2.